The predicted octanol–water partition coefficient (Wildman–Crippen LogP) is 0.841. The molecule has 0 aromatic rings. The Bertz CT molecular complexity index is 126. The van der Waals surface area contributed by atoms with Crippen molar-refractivity contribution in [2.75, 3.05) is 5.88 Å². The molecule has 0 heterocycles. The summed E-state index contributed by atoms with van der Waals surface area (Å²) in [5.74, 6) is -1.04. The normalized spacial score (nSPS) is 16.3. The number of halogens is 1. The lowest BCUT2D eigenvalue weighted by atomic mass is 9.98. The van der Waals surface area contributed by atoms with Crippen LogP contribution in [-0.4, -0.2) is 27.7 Å². The Morgan fingerprint density at radius 3 is 2.30 bits per heavy atom. The molecule has 60 valence electrons. The maximum atomic E-state index is 10.3. The third kappa shape index (κ3) is 2.15. The fraction of sp³-hybridized carbons (Fsp3) is 0.833. The third-order valence-corrected chi connectivity index (χ3v) is 1.68. The Hall–Kier alpha value is -0.280. The quantitative estimate of drug-likeness (QED) is 0.609. The van der Waals surface area contributed by atoms with Crippen LogP contribution in [0.15, 0.2) is 0 Å². The number of hydrogen-bond acceptors (Lipinski definition) is 2. The van der Waals surface area contributed by atoms with Gasteiger partial charge in [0, 0.05) is 12.3 Å². The Labute approximate surface area is 64.6 Å². The molecule has 0 spiro atoms. The van der Waals surface area contributed by atoms with Crippen LogP contribution in [0.25, 0.3) is 0 Å². The maximum absolute atomic E-state index is 10.3. The Morgan fingerprint density at radius 2 is 2.20 bits per heavy atom. The molecule has 0 saturated heterocycles. The van der Waals surface area contributed by atoms with Crippen molar-refractivity contribution in [3.8, 4) is 0 Å². The summed E-state index contributed by atoms with van der Waals surface area (Å²) >= 11 is 5.29. The summed E-state index contributed by atoms with van der Waals surface area (Å²) in [4.78, 5) is 10.3. The summed E-state index contributed by atoms with van der Waals surface area (Å²) in [6.07, 6.45) is 0.287. The van der Waals surface area contributed by atoms with Crippen molar-refractivity contribution < 1.29 is 15.0 Å². The lowest BCUT2D eigenvalue weighted by molar-refractivity contribution is -0.159. The van der Waals surface area contributed by atoms with E-state index in [1.54, 1.807) is 6.92 Å². The van der Waals surface area contributed by atoms with Crippen LogP contribution in [0.4, 0.5) is 0 Å². The molecule has 0 aromatic carbocycles. The van der Waals surface area contributed by atoms with Crippen LogP contribution in [0.1, 0.15) is 19.8 Å². The van der Waals surface area contributed by atoms with E-state index in [9.17, 15) is 9.90 Å². The summed E-state index contributed by atoms with van der Waals surface area (Å²) in [6.45, 7) is 1.61. The zero-order chi connectivity index (χ0) is 8.20. The van der Waals surface area contributed by atoms with E-state index in [2.05, 4.69) is 0 Å². The van der Waals surface area contributed by atoms with E-state index in [1.165, 1.54) is 0 Å². The maximum Gasteiger partial charge on any atom is 0.335 e. The molecule has 10 heavy (non-hydrogen) atoms. The number of aliphatic carboxylic acids is 1. The largest absolute Gasteiger partial charge is 0.479 e. The van der Waals surface area contributed by atoms with E-state index in [0.29, 0.717) is 0 Å². The summed E-state index contributed by atoms with van der Waals surface area (Å²) < 4.78 is 0. The Balaban J connectivity index is 4.08. The minimum Gasteiger partial charge on any atom is -0.479 e. The smallest absolute Gasteiger partial charge is 0.335 e. The zero-order valence-corrected chi connectivity index (χ0v) is 6.56. The van der Waals surface area contributed by atoms with Crippen molar-refractivity contribution in [1.29, 1.82) is 0 Å². The predicted molar refractivity (Wildman–Crippen MR) is 38.2 cm³/mol. The van der Waals surface area contributed by atoms with Gasteiger partial charge in [-0.3, -0.25) is 0 Å². The average molecular weight is 167 g/mol. The van der Waals surface area contributed by atoms with E-state index < -0.39 is 11.6 Å². The summed E-state index contributed by atoms with van der Waals surface area (Å²) in [5, 5.41) is 17.7. The molecular formula is C6H11ClO3. The summed E-state index contributed by atoms with van der Waals surface area (Å²) in [6, 6.07) is 0. The van der Waals surface area contributed by atoms with Crippen molar-refractivity contribution in [3.63, 3.8) is 0 Å². The highest BCUT2D eigenvalue weighted by Gasteiger charge is 2.32. The van der Waals surface area contributed by atoms with E-state index in [0.717, 1.165) is 0 Å². The summed E-state index contributed by atoms with van der Waals surface area (Å²) in [5.41, 5.74) is -1.62. The van der Waals surface area contributed by atoms with Crippen molar-refractivity contribution >= 4 is 17.6 Å². The molecule has 0 rings (SSSR count). The van der Waals surface area contributed by atoms with Gasteiger partial charge in [-0.15, -0.1) is 11.6 Å². The van der Waals surface area contributed by atoms with Gasteiger partial charge in [0.05, 0.1) is 0 Å². The van der Waals surface area contributed by atoms with Crippen LogP contribution in [0.3, 0.4) is 0 Å². The van der Waals surface area contributed by atoms with Gasteiger partial charge >= 0.3 is 5.97 Å². The highest BCUT2D eigenvalue weighted by molar-refractivity contribution is 6.18. The topological polar surface area (TPSA) is 57.5 Å². The summed E-state index contributed by atoms with van der Waals surface area (Å²) in [7, 11) is 0. The van der Waals surface area contributed by atoms with Crippen LogP contribution in [0.5, 0.6) is 0 Å². The number of alkyl halides is 1. The van der Waals surface area contributed by atoms with Gasteiger partial charge in [0.1, 0.15) is 0 Å². The molecule has 0 saturated carbocycles. The second-order valence-corrected chi connectivity index (χ2v) is 2.51. The zero-order valence-electron chi connectivity index (χ0n) is 5.80. The molecule has 0 aliphatic rings. The molecule has 3 nitrogen and oxygen atoms in total. The molecule has 0 unspecified atom stereocenters. The molecule has 0 bridgehead atoms. The lowest BCUT2D eigenvalue weighted by Crippen LogP contribution is -2.38. The van der Waals surface area contributed by atoms with Crippen LogP contribution >= 0.6 is 11.6 Å². The fourth-order valence-corrected chi connectivity index (χ4v) is 0.904. The standard InChI is InChI=1S/C6H11ClO3/c1-2-6(10,3-4-7)5(8)9/h10H,2-4H2,1H3,(H,8,9)/t6-/m1/s1. The van der Waals surface area contributed by atoms with Gasteiger partial charge in [-0.05, 0) is 6.42 Å². The monoisotopic (exact) mass is 166 g/mol. The number of aliphatic hydroxyl groups is 1. The first-order valence-electron chi connectivity index (χ1n) is 3.08. The van der Waals surface area contributed by atoms with Crippen LogP contribution in [0.2, 0.25) is 0 Å². The van der Waals surface area contributed by atoms with Gasteiger partial charge in [-0.1, -0.05) is 6.92 Å². The third-order valence-electron chi connectivity index (χ3n) is 1.49. The number of carboxylic acid groups (broad SMARTS) is 1. The van der Waals surface area contributed by atoms with Crippen molar-refractivity contribution in [1.82, 2.24) is 0 Å². The van der Waals surface area contributed by atoms with E-state index >= 15 is 0 Å². The highest BCUT2D eigenvalue weighted by atomic mass is 35.5. The first-order chi connectivity index (χ1) is 4.56. The highest BCUT2D eigenvalue weighted by Crippen LogP contribution is 2.15. The number of rotatable bonds is 4. The van der Waals surface area contributed by atoms with Crippen LogP contribution < -0.4 is 0 Å². The van der Waals surface area contributed by atoms with Gasteiger partial charge in [0.2, 0.25) is 0 Å². The molecule has 0 aliphatic carbocycles. The van der Waals surface area contributed by atoms with Gasteiger partial charge < -0.3 is 10.2 Å². The van der Waals surface area contributed by atoms with Gasteiger partial charge in [0.15, 0.2) is 5.60 Å². The minimum atomic E-state index is -1.62. The van der Waals surface area contributed by atoms with Crippen molar-refractivity contribution in [2.45, 2.75) is 25.4 Å². The molecule has 2 N–H and O–H groups in total. The lowest BCUT2D eigenvalue weighted by Gasteiger charge is -2.19. The van der Waals surface area contributed by atoms with E-state index in [4.69, 9.17) is 16.7 Å². The molecule has 0 amide bonds. The molecule has 0 radical (unpaired) electrons. The molecule has 1 atom stereocenters. The van der Waals surface area contributed by atoms with Gasteiger partial charge in [0.25, 0.3) is 0 Å². The number of carbonyl (C=O) groups is 1. The number of carboxylic acids is 1. The van der Waals surface area contributed by atoms with Crippen molar-refractivity contribution in [3.05, 3.63) is 0 Å². The molecule has 0 fully saturated rings. The Kier molecular flexibility index (Phi) is 3.68. The SMILES string of the molecule is CC[C@@](O)(CCCl)C(=O)O. The fourth-order valence-electron chi connectivity index (χ4n) is 0.591. The van der Waals surface area contributed by atoms with Gasteiger partial charge in [-0.2, -0.15) is 0 Å². The number of hydrogen-bond donors (Lipinski definition) is 2. The van der Waals surface area contributed by atoms with E-state index in [1.807, 2.05) is 0 Å². The molecule has 0 aliphatic heterocycles. The molecule has 0 aromatic heterocycles. The molecule has 4 heteroatoms. The first kappa shape index (κ1) is 9.72. The van der Waals surface area contributed by atoms with Crippen LogP contribution in [0, 0.1) is 0 Å². The van der Waals surface area contributed by atoms with E-state index in [-0.39, 0.29) is 18.7 Å². The Morgan fingerprint density at radius 1 is 1.70 bits per heavy atom. The van der Waals surface area contributed by atoms with Crippen LogP contribution in [-0.2, 0) is 4.79 Å². The first-order valence-corrected chi connectivity index (χ1v) is 3.62. The van der Waals surface area contributed by atoms with Gasteiger partial charge in [-0.25, -0.2) is 4.79 Å². The average Bonchev–Trinajstić information content (AvgIpc) is 1.88. The molecular weight excluding hydrogens is 156 g/mol. The second-order valence-electron chi connectivity index (χ2n) is 2.13. The second kappa shape index (κ2) is 3.78. The van der Waals surface area contributed by atoms with Crippen molar-refractivity contribution in [2.24, 2.45) is 0 Å². The minimum absolute atomic E-state index is 0.0976.